The molecule has 0 radical (unpaired) electrons. The van der Waals surface area contributed by atoms with E-state index in [0.717, 1.165) is 6.42 Å². The molecular weight excluding hydrogens is 599 g/mol. The SMILES string of the molecule is CCC(C)C1=Cc2c(ccc(C(C)C)c2-c2ccccc2)[CH]1[Zr]([Cl])([Cl])[c]1cccc2c1[SiH2]c1ccccc1-2. The van der Waals surface area contributed by atoms with Gasteiger partial charge in [0.15, 0.2) is 0 Å². The minimum atomic E-state index is -3.98. The number of hydrogen-bond acceptors (Lipinski definition) is 0. The third-order valence-corrected chi connectivity index (χ3v) is 23.0. The summed E-state index contributed by atoms with van der Waals surface area (Å²) < 4.78 is 1.43. The molecule has 0 saturated carbocycles. The van der Waals surface area contributed by atoms with Crippen molar-refractivity contribution in [2.24, 2.45) is 5.92 Å². The van der Waals surface area contributed by atoms with Gasteiger partial charge in [0.25, 0.3) is 0 Å². The Labute approximate surface area is 241 Å². The molecule has 0 N–H and O–H groups in total. The third-order valence-electron chi connectivity index (χ3n) is 8.71. The van der Waals surface area contributed by atoms with Crippen molar-refractivity contribution >= 4 is 46.3 Å². The molecule has 1 aliphatic carbocycles. The van der Waals surface area contributed by atoms with Crippen LogP contribution in [0.3, 0.4) is 0 Å². The van der Waals surface area contributed by atoms with Crippen molar-refractivity contribution in [1.82, 2.24) is 0 Å². The normalized spacial score (nSPS) is 17.3. The van der Waals surface area contributed by atoms with Gasteiger partial charge in [-0.05, 0) is 0 Å². The number of benzene rings is 4. The van der Waals surface area contributed by atoms with Crippen LogP contribution in [-0.4, -0.2) is 9.52 Å². The summed E-state index contributed by atoms with van der Waals surface area (Å²) in [6.45, 7) is 9.23. The zero-order chi connectivity index (χ0) is 26.6. The predicted molar refractivity (Wildman–Crippen MR) is 167 cm³/mol. The molecule has 38 heavy (non-hydrogen) atoms. The number of hydrogen-bond donors (Lipinski definition) is 0. The molecule has 0 spiro atoms. The zero-order valence-corrected chi connectivity index (χ0v) is 27.9. The molecule has 6 rings (SSSR count). The molecule has 4 aromatic rings. The van der Waals surface area contributed by atoms with Gasteiger partial charge in [-0.2, -0.15) is 0 Å². The molecule has 2 atom stereocenters. The molecular formula is C34H34Cl2SiZr. The maximum absolute atomic E-state index is 7.88. The fraction of sp³-hybridized carbons (Fsp3) is 0.235. The van der Waals surface area contributed by atoms with Gasteiger partial charge in [-0.1, -0.05) is 0 Å². The molecule has 0 aromatic heterocycles. The van der Waals surface area contributed by atoms with Crippen molar-refractivity contribution in [2.75, 3.05) is 0 Å². The Morgan fingerprint density at radius 2 is 1.53 bits per heavy atom. The van der Waals surface area contributed by atoms with Crippen molar-refractivity contribution in [3.05, 3.63) is 107 Å². The molecule has 2 unspecified atom stereocenters. The van der Waals surface area contributed by atoms with Crippen molar-refractivity contribution < 1.29 is 17.9 Å². The second kappa shape index (κ2) is 10.4. The zero-order valence-electron chi connectivity index (χ0n) is 22.6. The second-order valence-electron chi connectivity index (χ2n) is 11.2. The quantitative estimate of drug-likeness (QED) is 0.167. The van der Waals surface area contributed by atoms with Crippen LogP contribution in [-0.2, 0) is 17.9 Å². The average Bonchev–Trinajstić information content (AvgIpc) is 3.51. The van der Waals surface area contributed by atoms with E-state index in [1.165, 1.54) is 58.2 Å². The first-order chi connectivity index (χ1) is 18.3. The molecule has 1 heterocycles. The van der Waals surface area contributed by atoms with Crippen LogP contribution < -0.4 is 13.6 Å². The van der Waals surface area contributed by atoms with E-state index >= 15 is 0 Å². The third kappa shape index (κ3) is 4.28. The average molecular weight is 633 g/mol. The van der Waals surface area contributed by atoms with Crippen molar-refractivity contribution in [1.29, 1.82) is 0 Å². The first kappa shape index (κ1) is 26.5. The van der Waals surface area contributed by atoms with Crippen LogP contribution in [0.1, 0.15) is 60.3 Å². The molecule has 0 bridgehead atoms. The van der Waals surface area contributed by atoms with E-state index in [-0.39, 0.29) is 3.63 Å². The van der Waals surface area contributed by atoms with Gasteiger partial charge in [0, 0.05) is 0 Å². The summed E-state index contributed by atoms with van der Waals surface area (Å²) in [4.78, 5) is 0. The van der Waals surface area contributed by atoms with Gasteiger partial charge in [0.05, 0.1) is 0 Å². The first-order valence-electron chi connectivity index (χ1n) is 13.8. The molecule has 4 heteroatoms. The van der Waals surface area contributed by atoms with Gasteiger partial charge < -0.3 is 0 Å². The van der Waals surface area contributed by atoms with Crippen LogP contribution in [0.25, 0.3) is 28.3 Å². The Hall–Kier alpha value is -1.70. The van der Waals surface area contributed by atoms with Gasteiger partial charge in [-0.3, -0.25) is 0 Å². The van der Waals surface area contributed by atoms with Crippen molar-refractivity contribution in [2.45, 2.75) is 43.7 Å². The topological polar surface area (TPSA) is 0 Å². The Kier molecular flexibility index (Phi) is 7.23. The van der Waals surface area contributed by atoms with E-state index in [1.807, 2.05) is 0 Å². The summed E-state index contributed by atoms with van der Waals surface area (Å²) in [5, 5.41) is 3.01. The fourth-order valence-corrected chi connectivity index (χ4v) is 23.5. The maximum atomic E-state index is 7.88. The van der Waals surface area contributed by atoms with E-state index in [0.29, 0.717) is 11.8 Å². The Morgan fingerprint density at radius 3 is 2.26 bits per heavy atom. The van der Waals surface area contributed by atoms with E-state index in [4.69, 9.17) is 17.0 Å². The number of fused-ring (bicyclic) bond motifs is 4. The molecule has 192 valence electrons. The van der Waals surface area contributed by atoms with Crippen molar-refractivity contribution in [3.63, 3.8) is 0 Å². The van der Waals surface area contributed by atoms with E-state index in [2.05, 4.69) is 119 Å². The van der Waals surface area contributed by atoms with Crippen LogP contribution in [0, 0.1) is 5.92 Å². The van der Waals surface area contributed by atoms with Crippen LogP contribution in [0.15, 0.2) is 90.5 Å². The minimum absolute atomic E-state index is 0.116. The van der Waals surface area contributed by atoms with Crippen LogP contribution in [0.4, 0.5) is 0 Å². The van der Waals surface area contributed by atoms with Gasteiger partial charge in [0.2, 0.25) is 0 Å². The molecule has 0 amide bonds. The molecule has 4 aromatic carbocycles. The van der Waals surface area contributed by atoms with Gasteiger partial charge in [-0.15, -0.1) is 0 Å². The van der Waals surface area contributed by atoms with E-state index in [9.17, 15) is 0 Å². The molecule has 2 aliphatic rings. The molecule has 0 saturated heterocycles. The standard InChI is InChI=1S/C22H25.C12H9Si.2ClH.Zr/c1-5-16(4)19-13-18-11-12-20(15(2)3)22(21(18)14-19)17-9-7-6-8-10-17;1-3-7-11-9(5-1)10-6-2-4-8-12(10)13-11;;;/h6-16H,5H2,1-4H3;1-7H,13H2;2*1H;/q;;;;+2/p-2. The molecule has 1 aliphatic heterocycles. The van der Waals surface area contributed by atoms with Gasteiger partial charge >= 0.3 is 243 Å². The Balaban J connectivity index is 1.57. The van der Waals surface area contributed by atoms with Crippen molar-refractivity contribution in [3.8, 4) is 22.3 Å². The number of rotatable bonds is 6. The van der Waals surface area contributed by atoms with Crippen LogP contribution >= 0.6 is 17.0 Å². The monoisotopic (exact) mass is 630 g/mol. The molecule has 0 fully saturated rings. The number of halogens is 2. The Bertz CT molecular complexity index is 1550. The van der Waals surface area contributed by atoms with E-state index in [1.54, 1.807) is 0 Å². The second-order valence-corrected chi connectivity index (χ2v) is 27.1. The van der Waals surface area contributed by atoms with E-state index < -0.39 is 27.4 Å². The first-order valence-corrected chi connectivity index (χ1v) is 24.2. The van der Waals surface area contributed by atoms with Crippen LogP contribution in [0.2, 0.25) is 0 Å². The predicted octanol–water partition coefficient (Wildman–Crippen LogP) is 7.85. The summed E-state index contributed by atoms with van der Waals surface area (Å²) in [5.74, 6) is 0.857. The number of allylic oxidation sites excluding steroid dienone is 1. The summed E-state index contributed by atoms with van der Waals surface area (Å²) in [5.41, 5.74) is 10.9. The summed E-state index contributed by atoms with van der Waals surface area (Å²) >= 11 is -3.98. The van der Waals surface area contributed by atoms with Crippen LogP contribution in [0.5, 0.6) is 0 Å². The molecule has 0 nitrogen and oxygen atoms in total. The van der Waals surface area contributed by atoms with Gasteiger partial charge in [-0.25, -0.2) is 0 Å². The summed E-state index contributed by atoms with van der Waals surface area (Å²) in [7, 11) is 15.1. The summed E-state index contributed by atoms with van der Waals surface area (Å²) in [6.07, 6.45) is 3.56. The van der Waals surface area contributed by atoms with Gasteiger partial charge in [0.1, 0.15) is 0 Å². The Morgan fingerprint density at radius 1 is 0.816 bits per heavy atom. The summed E-state index contributed by atoms with van der Waals surface area (Å²) in [6, 6.07) is 31.2. The fourth-order valence-electron chi connectivity index (χ4n) is 6.59.